The molecule has 0 aliphatic rings. The summed E-state index contributed by atoms with van der Waals surface area (Å²) < 4.78 is 0. The zero-order valence-electron chi connectivity index (χ0n) is 8.12. The van der Waals surface area contributed by atoms with Gasteiger partial charge in [-0.25, -0.2) is 4.79 Å². The van der Waals surface area contributed by atoms with Gasteiger partial charge in [-0.05, 0) is 6.42 Å². The van der Waals surface area contributed by atoms with Crippen molar-refractivity contribution in [2.45, 2.75) is 32.2 Å². The molecule has 0 bridgehead atoms. The summed E-state index contributed by atoms with van der Waals surface area (Å²) in [4.78, 5) is 31.7. The fourth-order valence-electron chi connectivity index (χ4n) is 0.868. The Morgan fingerprint density at radius 2 is 1.80 bits per heavy atom. The van der Waals surface area contributed by atoms with Crippen molar-refractivity contribution in [1.82, 2.24) is 5.32 Å². The van der Waals surface area contributed by atoms with Gasteiger partial charge >= 0.3 is 11.9 Å². The van der Waals surface area contributed by atoms with E-state index < -0.39 is 30.3 Å². The molecule has 0 aromatic rings. The molecule has 0 aromatic carbocycles. The monoisotopic (exact) mass is 266 g/mol. The van der Waals surface area contributed by atoms with Crippen LogP contribution in [0.15, 0.2) is 0 Å². The summed E-state index contributed by atoms with van der Waals surface area (Å²) in [6.45, 7) is 1.77. The van der Waals surface area contributed by atoms with Gasteiger partial charge < -0.3 is 15.5 Å². The van der Waals surface area contributed by atoms with Crippen molar-refractivity contribution in [3.63, 3.8) is 0 Å². The fraction of sp³-hybridized carbons (Fsp3) is 0.625. The molecule has 0 aliphatic carbocycles. The van der Waals surface area contributed by atoms with Crippen LogP contribution in [-0.2, 0) is 31.5 Å². The molecule has 6 nitrogen and oxygen atoms in total. The molecule has 0 saturated carbocycles. The van der Waals surface area contributed by atoms with Crippen LogP contribution in [0.25, 0.3) is 0 Å². The Morgan fingerprint density at radius 1 is 1.27 bits per heavy atom. The second kappa shape index (κ2) is 8.26. The number of hydrogen-bond donors (Lipinski definition) is 3. The molecule has 1 atom stereocenters. The SMILES string of the molecule is CCCC(=O)N[C@@H](CC(=O)O)C(=O)O.[Cu]. The predicted molar refractivity (Wildman–Crippen MR) is 46.7 cm³/mol. The normalized spacial score (nSPS) is 11.0. The topological polar surface area (TPSA) is 104 Å². The van der Waals surface area contributed by atoms with Gasteiger partial charge in [0.25, 0.3) is 0 Å². The molecule has 7 heteroatoms. The number of amides is 1. The van der Waals surface area contributed by atoms with Crippen molar-refractivity contribution < 1.29 is 41.7 Å². The van der Waals surface area contributed by atoms with Gasteiger partial charge in [0.2, 0.25) is 5.91 Å². The molecule has 0 saturated heterocycles. The summed E-state index contributed by atoms with van der Waals surface area (Å²) in [6.07, 6.45) is 0.180. The molecule has 0 unspecified atom stereocenters. The van der Waals surface area contributed by atoms with Gasteiger partial charge in [-0.2, -0.15) is 0 Å². The summed E-state index contributed by atoms with van der Waals surface area (Å²) in [5, 5.41) is 19.1. The van der Waals surface area contributed by atoms with Crippen LogP contribution in [0.2, 0.25) is 0 Å². The molecule has 3 N–H and O–H groups in total. The second-order valence-electron chi connectivity index (χ2n) is 2.81. The van der Waals surface area contributed by atoms with E-state index in [1.807, 2.05) is 0 Å². The first-order valence-electron chi connectivity index (χ1n) is 4.21. The maximum Gasteiger partial charge on any atom is 0.326 e. The first-order chi connectivity index (χ1) is 6.47. The number of carbonyl (C=O) groups excluding carboxylic acids is 1. The average molecular weight is 267 g/mol. The predicted octanol–water partition coefficient (Wildman–Crippen LogP) is -0.172. The standard InChI is InChI=1S/C8H13NO5.Cu/c1-2-3-6(10)9-5(8(13)14)4-7(11)12;/h5H,2-4H2,1H3,(H,9,10)(H,11,12)(H,13,14);/t5-;/m0./s1. The Balaban J connectivity index is 0. The summed E-state index contributed by atoms with van der Waals surface area (Å²) in [7, 11) is 0. The van der Waals surface area contributed by atoms with Crippen LogP contribution >= 0.6 is 0 Å². The Labute approximate surface area is 97.5 Å². The molecule has 0 spiro atoms. The molecular formula is C8H13CuNO5. The third-order valence-corrected chi connectivity index (χ3v) is 1.49. The van der Waals surface area contributed by atoms with Crippen molar-refractivity contribution in [3.05, 3.63) is 0 Å². The van der Waals surface area contributed by atoms with E-state index in [4.69, 9.17) is 10.2 Å². The quantitative estimate of drug-likeness (QED) is 0.579. The number of carboxylic acids is 2. The summed E-state index contributed by atoms with van der Waals surface area (Å²) >= 11 is 0. The van der Waals surface area contributed by atoms with Crippen molar-refractivity contribution in [1.29, 1.82) is 0 Å². The Bertz CT molecular complexity index is 243. The minimum atomic E-state index is -1.34. The van der Waals surface area contributed by atoms with E-state index in [2.05, 4.69) is 5.32 Å². The molecule has 0 fully saturated rings. The van der Waals surface area contributed by atoms with Gasteiger partial charge in [0, 0.05) is 23.5 Å². The van der Waals surface area contributed by atoms with Crippen LogP contribution in [-0.4, -0.2) is 34.1 Å². The van der Waals surface area contributed by atoms with Gasteiger partial charge in [0.05, 0.1) is 6.42 Å². The molecular weight excluding hydrogens is 254 g/mol. The molecule has 0 aromatic heterocycles. The van der Waals surface area contributed by atoms with Crippen molar-refractivity contribution in [3.8, 4) is 0 Å². The van der Waals surface area contributed by atoms with E-state index in [1.54, 1.807) is 6.92 Å². The minimum absolute atomic E-state index is 0. The Hall–Kier alpha value is -1.07. The summed E-state index contributed by atoms with van der Waals surface area (Å²) in [5.74, 6) is -3.03. The minimum Gasteiger partial charge on any atom is -0.481 e. The summed E-state index contributed by atoms with van der Waals surface area (Å²) in [6, 6.07) is -1.34. The number of carbonyl (C=O) groups is 3. The van der Waals surface area contributed by atoms with Crippen LogP contribution in [0, 0.1) is 0 Å². The average Bonchev–Trinajstić information content (AvgIpc) is 2.02. The van der Waals surface area contributed by atoms with Crippen LogP contribution < -0.4 is 5.32 Å². The molecule has 91 valence electrons. The third-order valence-electron chi connectivity index (χ3n) is 1.49. The van der Waals surface area contributed by atoms with Crippen molar-refractivity contribution in [2.24, 2.45) is 0 Å². The van der Waals surface area contributed by atoms with Crippen molar-refractivity contribution in [2.75, 3.05) is 0 Å². The first-order valence-corrected chi connectivity index (χ1v) is 4.21. The van der Waals surface area contributed by atoms with Gasteiger partial charge in [0.15, 0.2) is 0 Å². The van der Waals surface area contributed by atoms with Crippen LogP contribution in [0.1, 0.15) is 26.2 Å². The van der Waals surface area contributed by atoms with Gasteiger partial charge in [-0.15, -0.1) is 0 Å². The fourth-order valence-corrected chi connectivity index (χ4v) is 0.868. The zero-order valence-corrected chi connectivity index (χ0v) is 9.06. The third kappa shape index (κ3) is 7.96. The number of hydrogen-bond acceptors (Lipinski definition) is 3. The van der Waals surface area contributed by atoms with E-state index in [-0.39, 0.29) is 23.5 Å². The van der Waals surface area contributed by atoms with Gasteiger partial charge in [-0.3, -0.25) is 9.59 Å². The van der Waals surface area contributed by atoms with Gasteiger partial charge in [0.1, 0.15) is 6.04 Å². The second-order valence-corrected chi connectivity index (χ2v) is 2.81. The Morgan fingerprint density at radius 3 is 2.13 bits per heavy atom. The van der Waals surface area contributed by atoms with Gasteiger partial charge in [-0.1, -0.05) is 6.92 Å². The van der Waals surface area contributed by atoms with E-state index >= 15 is 0 Å². The maximum atomic E-state index is 11.0. The van der Waals surface area contributed by atoms with E-state index in [0.29, 0.717) is 6.42 Å². The van der Waals surface area contributed by atoms with Crippen molar-refractivity contribution >= 4 is 17.8 Å². The van der Waals surface area contributed by atoms with E-state index in [0.717, 1.165) is 0 Å². The van der Waals surface area contributed by atoms with E-state index in [9.17, 15) is 14.4 Å². The maximum absolute atomic E-state index is 11.0. The molecule has 1 amide bonds. The van der Waals surface area contributed by atoms with Crippen LogP contribution in [0.4, 0.5) is 0 Å². The van der Waals surface area contributed by atoms with Crippen LogP contribution in [0.3, 0.4) is 0 Å². The molecule has 0 heterocycles. The number of nitrogens with one attached hydrogen (secondary N) is 1. The number of aliphatic carboxylic acids is 2. The molecule has 0 aliphatic heterocycles. The molecule has 1 radical (unpaired) electrons. The Kier molecular flexibility index (Phi) is 9.01. The van der Waals surface area contributed by atoms with Crippen LogP contribution in [0.5, 0.6) is 0 Å². The number of rotatable bonds is 6. The number of carboxylic acid groups (broad SMARTS) is 2. The molecule has 0 rings (SSSR count). The largest absolute Gasteiger partial charge is 0.481 e. The molecule has 15 heavy (non-hydrogen) atoms. The first kappa shape index (κ1) is 16.4. The zero-order chi connectivity index (χ0) is 11.1. The van der Waals surface area contributed by atoms with E-state index in [1.165, 1.54) is 0 Å². The smallest absolute Gasteiger partial charge is 0.326 e. The summed E-state index contributed by atoms with van der Waals surface area (Å²) in [5.41, 5.74) is 0.